The Balaban J connectivity index is 2.64. The monoisotopic (exact) mass is 229 g/mol. The van der Waals surface area contributed by atoms with Crippen molar-refractivity contribution in [3.63, 3.8) is 0 Å². The van der Waals surface area contributed by atoms with E-state index in [1.807, 2.05) is 0 Å². The molecule has 16 heavy (non-hydrogen) atoms. The van der Waals surface area contributed by atoms with E-state index in [1.54, 1.807) is 6.92 Å². The number of hydrogen-bond acceptors (Lipinski definition) is 6. The highest BCUT2D eigenvalue weighted by atomic mass is 16.5. The van der Waals surface area contributed by atoms with Gasteiger partial charge in [-0.2, -0.15) is 0 Å². The number of hydrogen-bond donors (Lipinski definition) is 2. The first-order valence-corrected chi connectivity index (χ1v) is 4.77. The standard InChI is InChI=1S/C9H13N2O5/c1-2-16-8(13)7(11-10)6(12)3-9(14)4-15-5-9/h10,14H,2-5H2,1H3/q+1. The highest BCUT2D eigenvalue weighted by Gasteiger charge is 2.44. The predicted octanol–water partition coefficient (Wildman–Crippen LogP) is -1.05. The maximum absolute atomic E-state index is 11.5. The highest BCUT2D eigenvalue weighted by molar-refractivity contribution is 6.62. The Bertz CT molecular complexity index is 355. The molecule has 1 rings (SSSR count). The molecule has 0 unspecified atom stereocenters. The molecule has 1 aliphatic heterocycles. The summed E-state index contributed by atoms with van der Waals surface area (Å²) in [5.74, 6) is -1.65. The zero-order valence-electron chi connectivity index (χ0n) is 8.86. The fourth-order valence-corrected chi connectivity index (χ4v) is 1.24. The van der Waals surface area contributed by atoms with E-state index in [0.717, 1.165) is 0 Å². The molecule has 1 saturated heterocycles. The molecule has 0 radical (unpaired) electrons. The van der Waals surface area contributed by atoms with Crippen molar-refractivity contribution in [1.82, 2.24) is 0 Å². The summed E-state index contributed by atoms with van der Waals surface area (Å²) >= 11 is 0. The van der Waals surface area contributed by atoms with Crippen molar-refractivity contribution >= 4 is 17.5 Å². The fourth-order valence-electron chi connectivity index (χ4n) is 1.24. The van der Waals surface area contributed by atoms with Gasteiger partial charge in [0.1, 0.15) is 5.60 Å². The molecule has 0 atom stereocenters. The van der Waals surface area contributed by atoms with Crippen molar-refractivity contribution in [1.29, 1.82) is 5.53 Å². The summed E-state index contributed by atoms with van der Waals surface area (Å²) in [6.07, 6.45) is -0.288. The summed E-state index contributed by atoms with van der Waals surface area (Å²) in [4.78, 5) is 25.6. The molecule has 7 nitrogen and oxygen atoms in total. The second-order valence-electron chi connectivity index (χ2n) is 3.50. The minimum atomic E-state index is -1.24. The van der Waals surface area contributed by atoms with Crippen LogP contribution in [0, 0.1) is 5.53 Å². The summed E-state index contributed by atoms with van der Waals surface area (Å²) in [7, 11) is 0. The zero-order chi connectivity index (χ0) is 12.2. The molecule has 1 fully saturated rings. The normalized spacial score (nSPS) is 16.9. The predicted molar refractivity (Wildman–Crippen MR) is 50.0 cm³/mol. The third-order valence-electron chi connectivity index (χ3n) is 2.08. The van der Waals surface area contributed by atoms with Crippen LogP contribution in [-0.4, -0.2) is 52.8 Å². The number of nitrogens with zero attached hydrogens (tertiary/aromatic N) is 1. The van der Waals surface area contributed by atoms with Gasteiger partial charge >= 0.3 is 11.7 Å². The van der Waals surface area contributed by atoms with Crippen LogP contribution in [0.2, 0.25) is 0 Å². The van der Waals surface area contributed by atoms with Crippen LogP contribution in [0.3, 0.4) is 0 Å². The first-order chi connectivity index (χ1) is 7.52. The minimum Gasteiger partial charge on any atom is -0.457 e. The fraction of sp³-hybridized carbons (Fsp3) is 0.667. The summed E-state index contributed by atoms with van der Waals surface area (Å²) in [6, 6.07) is 0. The largest absolute Gasteiger partial charge is 0.490 e. The average molecular weight is 229 g/mol. The minimum absolute atomic E-state index is 0.0485. The molecule has 0 aromatic rings. The first-order valence-electron chi connectivity index (χ1n) is 4.77. The van der Waals surface area contributed by atoms with Crippen molar-refractivity contribution in [2.45, 2.75) is 18.9 Å². The Morgan fingerprint density at radius 1 is 1.56 bits per heavy atom. The third-order valence-corrected chi connectivity index (χ3v) is 2.08. The SMILES string of the molecule is CCOC(=O)C(=[N+]=N)C(=O)CC1(O)COC1. The summed E-state index contributed by atoms with van der Waals surface area (Å²) in [5.41, 5.74) is 4.90. The van der Waals surface area contributed by atoms with Crippen LogP contribution in [0.15, 0.2) is 0 Å². The van der Waals surface area contributed by atoms with Gasteiger partial charge in [0.25, 0.3) is 5.78 Å². The van der Waals surface area contributed by atoms with E-state index >= 15 is 0 Å². The molecule has 1 aliphatic rings. The smallest absolute Gasteiger partial charge is 0.457 e. The second-order valence-corrected chi connectivity index (χ2v) is 3.50. The Morgan fingerprint density at radius 3 is 2.56 bits per heavy atom. The van der Waals surface area contributed by atoms with Gasteiger partial charge in [-0.25, -0.2) is 4.79 Å². The first kappa shape index (κ1) is 12.5. The number of carbonyl (C=O) groups is 2. The van der Waals surface area contributed by atoms with Gasteiger partial charge in [0.15, 0.2) is 0 Å². The van der Waals surface area contributed by atoms with Crippen molar-refractivity contribution in [2.24, 2.45) is 0 Å². The van der Waals surface area contributed by atoms with E-state index in [2.05, 4.69) is 9.53 Å². The lowest BCUT2D eigenvalue weighted by atomic mass is 9.93. The van der Waals surface area contributed by atoms with Gasteiger partial charge in [0, 0.05) is 0 Å². The second kappa shape index (κ2) is 4.98. The lowest BCUT2D eigenvalue weighted by molar-refractivity contribution is -0.184. The van der Waals surface area contributed by atoms with Crippen LogP contribution in [0.1, 0.15) is 13.3 Å². The average Bonchev–Trinajstić information content (AvgIpc) is 2.16. The lowest BCUT2D eigenvalue weighted by Gasteiger charge is -2.34. The van der Waals surface area contributed by atoms with Crippen molar-refractivity contribution in [2.75, 3.05) is 19.8 Å². The number of Topliss-reactive ketones (excluding diaryl/α,β-unsaturated/α-hetero) is 1. The van der Waals surface area contributed by atoms with Gasteiger partial charge in [0.05, 0.1) is 36.6 Å². The van der Waals surface area contributed by atoms with Gasteiger partial charge in [-0.1, -0.05) is 0 Å². The maximum Gasteiger partial charge on any atom is 0.490 e. The third kappa shape index (κ3) is 2.73. The number of nitrogens with one attached hydrogen (secondary N) is 1. The Hall–Kier alpha value is -1.56. The molecule has 0 saturated carbocycles. The Kier molecular flexibility index (Phi) is 3.89. The van der Waals surface area contributed by atoms with E-state index in [4.69, 9.17) is 10.3 Å². The molecule has 88 valence electrons. The molecule has 0 aromatic heterocycles. The number of esters is 1. The molecule has 1 heterocycles. The molecule has 0 aromatic carbocycles. The summed E-state index contributed by atoms with van der Waals surface area (Å²) in [6.45, 7) is 1.77. The molecule has 2 N–H and O–H groups in total. The summed E-state index contributed by atoms with van der Waals surface area (Å²) in [5, 5.41) is 9.62. The van der Waals surface area contributed by atoms with Gasteiger partial charge in [-0.05, 0) is 6.92 Å². The molecule has 0 spiro atoms. The molecular weight excluding hydrogens is 216 g/mol. The van der Waals surface area contributed by atoms with Crippen molar-refractivity contribution in [3.05, 3.63) is 0 Å². The molecule has 0 aliphatic carbocycles. The van der Waals surface area contributed by atoms with E-state index in [1.165, 1.54) is 0 Å². The highest BCUT2D eigenvalue weighted by Crippen LogP contribution is 2.20. The number of ether oxygens (including phenoxy) is 2. The van der Waals surface area contributed by atoms with Crippen molar-refractivity contribution < 1.29 is 29.0 Å². The van der Waals surface area contributed by atoms with E-state index < -0.39 is 23.1 Å². The van der Waals surface area contributed by atoms with Crippen LogP contribution in [0.4, 0.5) is 0 Å². The van der Waals surface area contributed by atoms with E-state index in [0.29, 0.717) is 0 Å². The topological polar surface area (TPSA) is 111 Å². The molecule has 0 amide bonds. The van der Waals surface area contributed by atoms with E-state index in [9.17, 15) is 14.7 Å². The van der Waals surface area contributed by atoms with Gasteiger partial charge in [-0.15, -0.1) is 0 Å². The van der Waals surface area contributed by atoms with Crippen LogP contribution in [0.25, 0.3) is 0 Å². The van der Waals surface area contributed by atoms with Crippen LogP contribution in [0.5, 0.6) is 0 Å². The Labute approximate surface area is 91.6 Å². The molecule has 0 bridgehead atoms. The van der Waals surface area contributed by atoms with Gasteiger partial charge in [0.2, 0.25) is 0 Å². The van der Waals surface area contributed by atoms with Gasteiger partial charge in [-0.3, -0.25) is 4.79 Å². The van der Waals surface area contributed by atoms with Crippen LogP contribution < -0.4 is 0 Å². The molecule has 7 heteroatoms. The van der Waals surface area contributed by atoms with E-state index in [-0.39, 0.29) is 26.2 Å². The quantitative estimate of drug-likeness (QED) is 0.205. The zero-order valence-corrected chi connectivity index (χ0v) is 8.86. The summed E-state index contributed by atoms with van der Waals surface area (Å²) < 4.78 is 9.31. The lowest BCUT2D eigenvalue weighted by Crippen LogP contribution is -2.52. The van der Waals surface area contributed by atoms with Crippen LogP contribution >= 0.6 is 0 Å². The number of rotatable bonds is 5. The number of ketones is 1. The maximum atomic E-state index is 11.5. The number of aliphatic hydroxyl groups is 1. The molecular formula is C9H13N2O5+. The van der Waals surface area contributed by atoms with Crippen molar-refractivity contribution in [3.8, 4) is 0 Å². The Morgan fingerprint density at radius 2 is 2.19 bits per heavy atom. The van der Waals surface area contributed by atoms with Gasteiger partial charge < -0.3 is 14.6 Å². The number of carbonyl (C=O) groups excluding carboxylic acids is 2. The van der Waals surface area contributed by atoms with Crippen LogP contribution in [-0.2, 0) is 19.1 Å².